The van der Waals surface area contributed by atoms with Crippen LogP contribution in [0.15, 0.2) is 0 Å². The van der Waals surface area contributed by atoms with Crippen LogP contribution in [0.1, 0.15) is 78.6 Å². The summed E-state index contributed by atoms with van der Waals surface area (Å²) in [6.45, 7) is 6.53. The predicted octanol–water partition coefficient (Wildman–Crippen LogP) is 3.66. The van der Waals surface area contributed by atoms with Gasteiger partial charge in [-0.1, -0.05) is 20.8 Å². The molecule has 4 fully saturated rings. The van der Waals surface area contributed by atoms with E-state index in [2.05, 4.69) is 20.8 Å². The van der Waals surface area contributed by atoms with Crippen LogP contribution in [0.4, 0.5) is 0 Å². The van der Waals surface area contributed by atoms with Crippen molar-refractivity contribution in [3.63, 3.8) is 0 Å². The first-order valence-electron chi connectivity index (χ1n) is 11.7. The van der Waals surface area contributed by atoms with E-state index < -0.39 is 17.5 Å². The molecule has 0 heterocycles. The number of carbonyl (C=O) groups is 2. The lowest BCUT2D eigenvalue weighted by Gasteiger charge is -2.61. The van der Waals surface area contributed by atoms with Crippen LogP contribution >= 0.6 is 0 Å². The quantitative estimate of drug-likeness (QED) is 0.662. The van der Waals surface area contributed by atoms with Crippen LogP contribution in [0.2, 0.25) is 0 Å². The van der Waals surface area contributed by atoms with Gasteiger partial charge in [0.1, 0.15) is 5.78 Å². The highest BCUT2D eigenvalue weighted by molar-refractivity contribution is 5.85. The summed E-state index contributed by atoms with van der Waals surface area (Å²) in [6, 6.07) is 0. The lowest BCUT2D eigenvalue weighted by molar-refractivity contribution is -0.178. The van der Waals surface area contributed by atoms with Crippen molar-refractivity contribution in [2.45, 2.75) is 90.8 Å². The topological polar surface area (TPSA) is 94.8 Å². The Morgan fingerprint density at radius 2 is 1.90 bits per heavy atom. The summed E-state index contributed by atoms with van der Waals surface area (Å²) in [5.74, 6) is 0.748. The number of Topliss-reactive ketones (excluding diaryl/α,β-unsaturated/α-hetero) is 1. The van der Waals surface area contributed by atoms with Gasteiger partial charge in [-0.2, -0.15) is 0 Å². The van der Waals surface area contributed by atoms with E-state index in [-0.39, 0.29) is 35.7 Å². The number of aliphatic hydroxyl groups is 2. The number of aliphatic carboxylic acids is 1. The smallest absolute Gasteiger partial charge is 0.303 e. The average Bonchev–Trinajstić information content (AvgIpc) is 2.94. The molecule has 0 bridgehead atoms. The molecule has 4 rings (SSSR count). The van der Waals surface area contributed by atoms with Gasteiger partial charge in [-0.15, -0.1) is 0 Å². The Hall–Kier alpha value is -0.940. The van der Waals surface area contributed by atoms with Gasteiger partial charge in [-0.05, 0) is 80.0 Å². The summed E-state index contributed by atoms with van der Waals surface area (Å²) in [4.78, 5) is 24.4. The molecular formula is C24H38O5. The van der Waals surface area contributed by atoms with E-state index in [0.29, 0.717) is 36.4 Å². The van der Waals surface area contributed by atoms with Crippen molar-refractivity contribution < 1.29 is 24.9 Å². The lowest BCUT2D eigenvalue weighted by Crippen LogP contribution is -2.59. The summed E-state index contributed by atoms with van der Waals surface area (Å²) in [5.41, 5.74) is -0.328. The van der Waals surface area contributed by atoms with Crippen LogP contribution in [0.3, 0.4) is 0 Å². The van der Waals surface area contributed by atoms with Crippen LogP contribution in [0, 0.1) is 46.3 Å². The van der Waals surface area contributed by atoms with Crippen molar-refractivity contribution in [2.75, 3.05) is 0 Å². The zero-order valence-corrected chi connectivity index (χ0v) is 18.1. The molecular weight excluding hydrogens is 368 g/mol. The maximum atomic E-state index is 13.3. The molecule has 29 heavy (non-hydrogen) atoms. The van der Waals surface area contributed by atoms with Gasteiger partial charge in [0, 0.05) is 24.2 Å². The van der Waals surface area contributed by atoms with Gasteiger partial charge >= 0.3 is 5.97 Å². The zero-order chi connectivity index (χ0) is 21.1. The number of carbonyl (C=O) groups excluding carboxylic acids is 1. The van der Waals surface area contributed by atoms with Crippen LogP contribution in [-0.4, -0.2) is 39.3 Å². The molecule has 0 spiro atoms. The molecule has 0 aliphatic heterocycles. The van der Waals surface area contributed by atoms with E-state index in [1.165, 1.54) is 0 Å². The zero-order valence-electron chi connectivity index (χ0n) is 18.1. The number of hydrogen-bond donors (Lipinski definition) is 3. The fourth-order valence-electron chi connectivity index (χ4n) is 8.42. The number of ketones is 1. The van der Waals surface area contributed by atoms with Gasteiger partial charge in [0.25, 0.3) is 0 Å². The first-order chi connectivity index (χ1) is 13.6. The lowest BCUT2D eigenvalue weighted by atomic mass is 9.43. The van der Waals surface area contributed by atoms with E-state index in [4.69, 9.17) is 5.11 Å². The van der Waals surface area contributed by atoms with Gasteiger partial charge in [-0.25, -0.2) is 0 Å². The molecule has 4 aliphatic carbocycles. The van der Waals surface area contributed by atoms with E-state index in [1.807, 2.05) is 0 Å². The van der Waals surface area contributed by atoms with Crippen LogP contribution < -0.4 is 0 Å². The van der Waals surface area contributed by atoms with E-state index in [1.54, 1.807) is 0 Å². The molecule has 10 atom stereocenters. The molecule has 0 unspecified atom stereocenters. The number of hydrogen-bond acceptors (Lipinski definition) is 4. The van der Waals surface area contributed by atoms with Crippen molar-refractivity contribution in [1.29, 1.82) is 0 Å². The summed E-state index contributed by atoms with van der Waals surface area (Å²) in [7, 11) is 0. The molecule has 0 aromatic heterocycles. The van der Waals surface area contributed by atoms with E-state index >= 15 is 0 Å². The number of rotatable bonds is 4. The second-order valence-corrected chi connectivity index (χ2v) is 11.3. The predicted molar refractivity (Wildman–Crippen MR) is 109 cm³/mol. The van der Waals surface area contributed by atoms with E-state index in [9.17, 15) is 19.8 Å². The normalized spacial score (nSPS) is 50.4. The Labute approximate surface area is 174 Å². The number of aliphatic hydroxyl groups excluding tert-OH is 2. The van der Waals surface area contributed by atoms with Crippen molar-refractivity contribution >= 4 is 11.8 Å². The van der Waals surface area contributed by atoms with Gasteiger partial charge < -0.3 is 15.3 Å². The number of fused-ring (bicyclic) bond motifs is 5. The van der Waals surface area contributed by atoms with Crippen molar-refractivity contribution in [3.8, 4) is 0 Å². The van der Waals surface area contributed by atoms with Crippen LogP contribution in [0.5, 0.6) is 0 Å². The van der Waals surface area contributed by atoms with Gasteiger partial charge in [0.15, 0.2) is 0 Å². The maximum Gasteiger partial charge on any atom is 0.303 e. The van der Waals surface area contributed by atoms with Crippen molar-refractivity contribution in [1.82, 2.24) is 0 Å². The largest absolute Gasteiger partial charge is 0.481 e. The van der Waals surface area contributed by atoms with Gasteiger partial charge in [0.05, 0.1) is 12.2 Å². The van der Waals surface area contributed by atoms with Crippen LogP contribution in [-0.2, 0) is 9.59 Å². The Balaban J connectivity index is 1.62. The summed E-state index contributed by atoms with van der Waals surface area (Å²) < 4.78 is 0. The fourth-order valence-corrected chi connectivity index (χ4v) is 8.42. The third kappa shape index (κ3) is 3.18. The van der Waals surface area contributed by atoms with E-state index in [0.717, 1.165) is 38.5 Å². The molecule has 0 saturated heterocycles. The molecule has 4 saturated carbocycles. The fraction of sp³-hybridized carbons (Fsp3) is 0.917. The highest BCUT2D eigenvalue weighted by Crippen LogP contribution is 2.67. The molecule has 0 amide bonds. The van der Waals surface area contributed by atoms with Crippen LogP contribution in [0.25, 0.3) is 0 Å². The first-order valence-corrected chi connectivity index (χ1v) is 11.7. The van der Waals surface area contributed by atoms with Gasteiger partial charge in [-0.3, -0.25) is 9.59 Å². The average molecular weight is 407 g/mol. The summed E-state index contributed by atoms with van der Waals surface area (Å²) >= 11 is 0. The molecule has 5 heteroatoms. The molecule has 5 nitrogen and oxygen atoms in total. The molecule has 3 N–H and O–H groups in total. The van der Waals surface area contributed by atoms with Gasteiger partial charge in [0.2, 0.25) is 0 Å². The summed E-state index contributed by atoms with van der Waals surface area (Å²) in [6.07, 6.45) is 5.98. The molecule has 0 aromatic carbocycles. The van der Waals surface area contributed by atoms with Crippen molar-refractivity contribution in [3.05, 3.63) is 0 Å². The monoisotopic (exact) mass is 406 g/mol. The Morgan fingerprint density at radius 1 is 1.17 bits per heavy atom. The molecule has 0 radical (unpaired) electrons. The number of carboxylic acid groups (broad SMARTS) is 1. The highest BCUT2D eigenvalue weighted by atomic mass is 16.4. The second kappa shape index (κ2) is 7.33. The SMILES string of the molecule is C[C@H](CCC(=O)O)[C@H]1CC(=O)[C@@H]2[C@@H]3CC[C@@H]4C[C@H](O)CC[C@]4(C)[C@H]3C[C@H](O)[C@]12C. The number of carboxylic acids is 1. The highest BCUT2D eigenvalue weighted by Gasteiger charge is 2.66. The second-order valence-electron chi connectivity index (χ2n) is 11.3. The molecule has 4 aliphatic rings. The Bertz CT molecular complexity index is 676. The maximum absolute atomic E-state index is 13.3. The minimum Gasteiger partial charge on any atom is -0.481 e. The summed E-state index contributed by atoms with van der Waals surface area (Å²) in [5, 5.41) is 30.7. The minimum atomic E-state index is -0.794. The molecule has 164 valence electrons. The van der Waals surface area contributed by atoms with Crippen molar-refractivity contribution in [2.24, 2.45) is 46.3 Å². The Kier molecular flexibility index (Phi) is 5.39. The third-order valence-corrected chi connectivity index (χ3v) is 10.1. The minimum absolute atomic E-state index is 0.0639. The molecule has 0 aromatic rings. The Morgan fingerprint density at radius 3 is 2.59 bits per heavy atom. The first kappa shape index (κ1) is 21.3. The third-order valence-electron chi connectivity index (χ3n) is 10.1. The standard InChI is InChI=1S/C24H38O5/c1-13(4-7-21(28)29)17-11-19(26)22-16-6-5-14-10-15(25)8-9-23(14,2)18(16)12-20(27)24(17,22)3/h13-18,20,22,25,27H,4-12H2,1-3H3,(H,28,29)/t13-,14-,15-,16-,17-,18+,20+,22+,23+,24+/m1/s1.